The third-order valence-corrected chi connectivity index (χ3v) is 3.24. The summed E-state index contributed by atoms with van der Waals surface area (Å²) in [7, 11) is 1.27. The number of halogens is 1. The first-order valence-electron chi connectivity index (χ1n) is 5.90. The molecule has 1 N–H and O–H groups in total. The molecule has 0 aliphatic carbocycles. The van der Waals surface area contributed by atoms with Crippen LogP contribution in [0.4, 0.5) is 4.39 Å². The van der Waals surface area contributed by atoms with Gasteiger partial charge in [-0.25, -0.2) is 14.2 Å². The van der Waals surface area contributed by atoms with E-state index >= 15 is 0 Å². The molecule has 20 heavy (non-hydrogen) atoms. The number of methoxy groups -OCH3 is 1. The summed E-state index contributed by atoms with van der Waals surface area (Å²) < 4.78 is 18.8. The third-order valence-electron chi connectivity index (χ3n) is 2.94. The number of benzene rings is 1. The van der Waals surface area contributed by atoms with Gasteiger partial charge in [-0.05, 0) is 25.5 Å². The number of aromatic nitrogens is 2. The molecule has 0 saturated carbocycles. The monoisotopic (exact) mass is 292 g/mol. The predicted octanol–water partition coefficient (Wildman–Crippen LogP) is 3.35. The lowest BCUT2D eigenvalue weighted by Gasteiger charge is -2.09. The van der Waals surface area contributed by atoms with Crippen molar-refractivity contribution >= 4 is 18.2 Å². The number of rotatable bonds is 2. The van der Waals surface area contributed by atoms with Gasteiger partial charge in [0.25, 0.3) is 0 Å². The molecule has 1 aromatic heterocycles. The lowest BCUT2D eigenvalue weighted by molar-refractivity contribution is 0.0598. The van der Waals surface area contributed by atoms with Gasteiger partial charge in [-0.15, -0.1) is 0 Å². The molecule has 1 heterocycles. The molecule has 0 saturated heterocycles. The highest BCUT2D eigenvalue weighted by molar-refractivity contribution is 7.71. The summed E-state index contributed by atoms with van der Waals surface area (Å²) >= 11 is 5.09. The Balaban J connectivity index is 2.64. The highest BCUT2D eigenvalue weighted by atomic mass is 32.1. The second-order valence-corrected chi connectivity index (χ2v) is 4.71. The van der Waals surface area contributed by atoms with Crippen LogP contribution >= 0.6 is 12.2 Å². The zero-order valence-corrected chi connectivity index (χ0v) is 12.1. The molecule has 104 valence electrons. The number of hydrogen-bond donors (Lipinski definition) is 1. The Morgan fingerprint density at radius 3 is 2.70 bits per heavy atom. The van der Waals surface area contributed by atoms with Crippen molar-refractivity contribution in [2.45, 2.75) is 13.8 Å². The summed E-state index contributed by atoms with van der Waals surface area (Å²) in [4.78, 5) is 18.6. The van der Waals surface area contributed by atoms with Crippen LogP contribution in [-0.4, -0.2) is 23.0 Å². The molecule has 6 heteroatoms. The molecule has 0 bridgehead atoms. The number of carbonyl (C=O) groups excluding carboxylic acids is 1. The first-order valence-corrected chi connectivity index (χ1v) is 6.31. The minimum absolute atomic E-state index is 0.0870. The summed E-state index contributed by atoms with van der Waals surface area (Å²) in [5, 5.41) is 0. The van der Waals surface area contributed by atoms with Gasteiger partial charge in [-0.3, -0.25) is 0 Å². The SMILES string of the molecule is COC(=O)c1c(C)[nH]c(-c2cccc(C)c2F)nc1=S. The molecule has 0 fully saturated rings. The highest BCUT2D eigenvalue weighted by Crippen LogP contribution is 2.23. The van der Waals surface area contributed by atoms with Crippen LogP contribution in [0.3, 0.4) is 0 Å². The molecule has 1 aromatic carbocycles. The van der Waals surface area contributed by atoms with Crippen molar-refractivity contribution in [3.8, 4) is 11.4 Å². The first-order chi connectivity index (χ1) is 9.45. The van der Waals surface area contributed by atoms with E-state index in [0.717, 1.165) is 0 Å². The van der Waals surface area contributed by atoms with Crippen molar-refractivity contribution in [3.05, 3.63) is 45.5 Å². The summed E-state index contributed by atoms with van der Waals surface area (Å²) in [6.07, 6.45) is 0. The maximum Gasteiger partial charge on any atom is 0.342 e. The topological polar surface area (TPSA) is 55.0 Å². The molecule has 4 nitrogen and oxygen atoms in total. The Hall–Kier alpha value is -2.08. The average Bonchev–Trinajstić information content (AvgIpc) is 2.40. The number of hydrogen-bond acceptors (Lipinski definition) is 4. The van der Waals surface area contributed by atoms with Crippen LogP contribution in [0, 0.1) is 24.3 Å². The lowest BCUT2D eigenvalue weighted by atomic mass is 10.1. The van der Waals surface area contributed by atoms with Crippen molar-refractivity contribution in [1.29, 1.82) is 0 Å². The van der Waals surface area contributed by atoms with E-state index in [2.05, 4.69) is 14.7 Å². The molecular weight excluding hydrogens is 279 g/mol. The van der Waals surface area contributed by atoms with Crippen LogP contribution in [0.25, 0.3) is 11.4 Å². The van der Waals surface area contributed by atoms with Crippen LogP contribution < -0.4 is 0 Å². The number of esters is 1. The van der Waals surface area contributed by atoms with Crippen LogP contribution in [0.15, 0.2) is 18.2 Å². The fraction of sp³-hybridized carbons (Fsp3) is 0.214. The van der Waals surface area contributed by atoms with E-state index in [4.69, 9.17) is 12.2 Å². The van der Waals surface area contributed by atoms with Crippen molar-refractivity contribution in [2.75, 3.05) is 7.11 Å². The zero-order chi connectivity index (χ0) is 14.9. The molecule has 0 spiro atoms. The fourth-order valence-corrected chi connectivity index (χ4v) is 2.21. The van der Waals surface area contributed by atoms with E-state index in [9.17, 15) is 9.18 Å². The fourth-order valence-electron chi connectivity index (χ4n) is 1.89. The first kappa shape index (κ1) is 14.3. The number of carbonyl (C=O) groups is 1. The van der Waals surface area contributed by atoms with Gasteiger partial charge in [-0.2, -0.15) is 0 Å². The molecule has 2 aromatic rings. The van der Waals surface area contributed by atoms with Crippen LogP contribution in [0.2, 0.25) is 0 Å². The second kappa shape index (κ2) is 5.50. The Kier molecular flexibility index (Phi) is 3.94. The molecule has 0 radical (unpaired) electrons. The van der Waals surface area contributed by atoms with Gasteiger partial charge in [0.15, 0.2) is 0 Å². The molecule has 0 amide bonds. The van der Waals surface area contributed by atoms with E-state index in [0.29, 0.717) is 22.6 Å². The predicted molar refractivity (Wildman–Crippen MR) is 75.6 cm³/mol. The maximum absolute atomic E-state index is 14.1. The molecular formula is C14H13FN2O2S. The van der Waals surface area contributed by atoms with Crippen LogP contribution in [0.1, 0.15) is 21.6 Å². The minimum Gasteiger partial charge on any atom is -0.465 e. The van der Waals surface area contributed by atoms with Gasteiger partial charge in [0.2, 0.25) is 0 Å². The van der Waals surface area contributed by atoms with Gasteiger partial charge in [0.05, 0.1) is 12.7 Å². The Bertz CT molecular complexity index is 740. The summed E-state index contributed by atoms with van der Waals surface area (Å²) in [5.74, 6) is -0.635. The number of aromatic amines is 1. The smallest absolute Gasteiger partial charge is 0.342 e. The summed E-state index contributed by atoms with van der Waals surface area (Å²) in [6.45, 7) is 3.34. The van der Waals surface area contributed by atoms with Crippen molar-refractivity contribution < 1.29 is 13.9 Å². The molecule has 0 aliphatic heterocycles. The molecule has 0 unspecified atom stereocenters. The van der Waals surface area contributed by atoms with E-state index in [1.54, 1.807) is 32.0 Å². The van der Waals surface area contributed by atoms with Crippen molar-refractivity contribution in [1.82, 2.24) is 9.97 Å². The van der Waals surface area contributed by atoms with Gasteiger partial charge in [0, 0.05) is 5.69 Å². The van der Waals surface area contributed by atoms with E-state index in [1.807, 2.05) is 0 Å². The molecule has 2 rings (SSSR count). The average molecular weight is 292 g/mol. The third kappa shape index (κ3) is 2.46. The largest absolute Gasteiger partial charge is 0.465 e. The molecule has 0 aliphatic rings. The van der Waals surface area contributed by atoms with E-state index in [-0.39, 0.29) is 16.0 Å². The van der Waals surface area contributed by atoms with Gasteiger partial charge in [-0.1, -0.05) is 24.4 Å². The Morgan fingerprint density at radius 1 is 1.40 bits per heavy atom. The van der Waals surface area contributed by atoms with Gasteiger partial charge < -0.3 is 9.72 Å². The van der Waals surface area contributed by atoms with E-state index in [1.165, 1.54) is 7.11 Å². The number of H-pyrrole nitrogens is 1. The lowest BCUT2D eigenvalue weighted by Crippen LogP contribution is -2.09. The number of aryl methyl sites for hydroxylation is 2. The maximum atomic E-state index is 14.1. The number of ether oxygens (including phenoxy) is 1. The van der Waals surface area contributed by atoms with Crippen LogP contribution in [-0.2, 0) is 4.74 Å². The van der Waals surface area contributed by atoms with Gasteiger partial charge in [0.1, 0.15) is 21.8 Å². The number of nitrogens with one attached hydrogen (secondary N) is 1. The molecule has 0 atom stereocenters. The number of nitrogens with zero attached hydrogens (tertiary/aromatic N) is 1. The van der Waals surface area contributed by atoms with Crippen molar-refractivity contribution in [2.24, 2.45) is 0 Å². The summed E-state index contributed by atoms with van der Waals surface area (Å²) in [6, 6.07) is 5.01. The Labute approximate surface area is 120 Å². The Morgan fingerprint density at radius 2 is 2.10 bits per heavy atom. The second-order valence-electron chi connectivity index (χ2n) is 4.32. The highest BCUT2D eigenvalue weighted by Gasteiger charge is 2.16. The zero-order valence-electron chi connectivity index (χ0n) is 11.3. The standard InChI is InChI=1S/C14H13FN2O2S/c1-7-5-4-6-9(11(7)15)12-16-8(2)10(13(20)17-12)14(18)19-3/h4-6H,1-3H3,(H,16,17,20). The van der Waals surface area contributed by atoms with E-state index < -0.39 is 5.97 Å². The van der Waals surface area contributed by atoms with Gasteiger partial charge >= 0.3 is 5.97 Å². The normalized spacial score (nSPS) is 10.4. The van der Waals surface area contributed by atoms with Crippen molar-refractivity contribution in [3.63, 3.8) is 0 Å². The minimum atomic E-state index is -0.562. The quantitative estimate of drug-likeness (QED) is 0.681. The summed E-state index contributed by atoms with van der Waals surface area (Å²) in [5.41, 5.74) is 1.51. The van der Waals surface area contributed by atoms with Crippen LogP contribution in [0.5, 0.6) is 0 Å².